The largest absolute Gasteiger partial charge is 0.412 e. The molecule has 0 bridgehead atoms. The van der Waals surface area contributed by atoms with E-state index in [9.17, 15) is 0 Å². The van der Waals surface area contributed by atoms with E-state index in [1.807, 2.05) is 0 Å². The molecule has 0 unspecified atom stereocenters. The maximum absolute atomic E-state index is 6.33. The number of hydrogen-bond acceptors (Lipinski definition) is 1. The van der Waals surface area contributed by atoms with Crippen LogP contribution in [0.15, 0.2) is 11.8 Å². The second kappa shape index (κ2) is 7.69. The molecule has 0 rings (SSSR count). The summed E-state index contributed by atoms with van der Waals surface area (Å²) in [5.74, 6) is 0. The van der Waals surface area contributed by atoms with Gasteiger partial charge in [0, 0.05) is 0 Å². The number of halogens is 1. The summed E-state index contributed by atoms with van der Waals surface area (Å²) in [5, 5.41) is 0. The normalized spacial score (nSPS) is 14.4. The first-order valence-corrected chi connectivity index (χ1v) is 11.3. The molecule has 16 heavy (non-hydrogen) atoms. The van der Waals surface area contributed by atoms with Gasteiger partial charge in [-0.1, -0.05) is 53.3 Å². The molecule has 0 aromatic rings. The Labute approximate surface area is 109 Å². The Bertz CT molecular complexity index is 193. The van der Waals surface area contributed by atoms with E-state index >= 15 is 0 Å². The molecule has 4 heteroatoms. The Morgan fingerprint density at radius 2 is 1.50 bits per heavy atom. The van der Waals surface area contributed by atoms with Crippen LogP contribution in [-0.2, 0) is 4.43 Å². The molecule has 0 radical (unpaired) electrons. The van der Waals surface area contributed by atoms with Gasteiger partial charge in [0.1, 0.15) is 8.83 Å². The third kappa shape index (κ3) is 4.02. The van der Waals surface area contributed by atoms with E-state index in [0.717, 1.165) is 6.61 Å². The van der Waals surface area contributed by atoms with Gasteiger partial charge in [0.2, 0.25) is 8.32 Å². The van der Waals surface area contributed by atoms with Crippen LogP contribution in [-0.4, -0.2) is 23.8 Å². The molecule has 0 aliphatic rings. The minimum atomic E-state index is -1.66. The van der Waals surface area contributed by atoms with Crippen LogP contribution in [0.5, 0.6) is 0 Å². The van der Waals surface area contributed by atoms with Crippen molar-refractivity contribution in [3.8, 4) is 0 Å². The summed E-state index contributed by atoms with van der Waals surface area (Å²) >= 11 is 5.75. The van der Waals surface area contributed by atoms with Gasteiger partial charge in [-0.3, -0.25) is 0 Å². The fraction of sp³-hybridized carbons (Fsp3) is 0.833. The maximum Gasteiger partial charge on any atom is 0.200 e. The van der Waals surface area contributed by atoms with E-state index in [1.54, 1.807) is 0 Å². The van der Waals surface area contributed by atoms with Crippen LogP contribution in [0.3, 0.4) is 0 Å². The second-order valence-electron chi connectivity index (χ2n) is 5.25. The van der Waals surface area contributed by atoms with Gasteiger partial charge in [-0.2, -0.15) is 11.1 Å². The van der Waals surface area contributed by atoms with E-state index < -0.39 is 17.1 Å². The van der Waals surface area contributed by atoms with Crippen molar-refractivity contribution in [2.24, 2.45) is 0 Å². The smallest absolute Gasteiger partial charge is 0.200 e. The highest BCUT2D eigenvalue weighted by molar-refractivity contribution is 6.96. The SMILES string of the molecule is CC(C)[Si](OCC=C[SiH2]Cl)(C(C)C)C(C)C. The molecule has 1 nitrogen and oxygen atoms in total. The first-order chi connectivity index (χ1) is 7.39. The van der Waals surface area contributed by atoms with Crippen molar-refractivity contribution >= 4 is 28.2 Å². The summed E-state index contributed by atoms with van der Waals surface area (Å²) in [5.41, 5.74) is 4.08. The Balaban J connectivity index is 4.70. The summed E-state index contributed by atoms with van der Waals surface area (Å²) in [6.45, 7) is 14.6. The summed E-state index contributed by atoms with van der Waals surface area (Å²) in [7, 11) is -2.14. The Morgan fingerprint density at radius 3 is 1.81 bits per heavy atom. The van der Waals surface area contributed by atoms with E-state index in [0.29, 0.717) is 16.6 Å². The Morgan fingerprint density at radius 1 is 1.06 bits per heavy atom. The highest BCUT2D eigenvalue weighted by atomic mass is 35.6. The molecule has 0 aromatic carbocycles. The van der Waals surface area contributed by atoms with E-state index in [1.165, 1.54) is 0 Å². The van der Waals surface area contributed by atoms with Gasteiger partial charge in [-0.15, -0.1) is 0 Å². The summed E-state index contributed by atoms with van der Waals surface area (Å²) in [4.78, 5) is 0. The van der Waals surface area contributed by atoms with Crippen molar-refractivity contribution < 1.29 is 4.43 Å². The average Bonchev–Trinajstić information content (AvgIpc) is 2.16. The van der Waals surface area contributed by atoms with E-state index in [4.69, 9.17) is 15.5 Å². The highest BCUT2D eigenvalue weighted by Gasteiger charge is 2.44. The van der Waals surface area contributed by atoms with Gasteiger partial charge >= 0.3 is 0 Å². The second-order valence-corrected chi connectivity index (χ2v) is 12.4. The van der Waals surface area contributed by atoms with Crippen molar-refractivity contribution in [2.75, 3.05) is 6.61 Å². The highest BCUT2D eigenvalue weighted by Crippen LogP contribution is 2.42. The monoisotopic (exact) mass is 278 g/mol. The van der Waals surface area contributed by atoms with Gasteiger partial charge in [0.25, 0.3) is 0 Å². The molecule has 0 amide bonds. The fourth-order valence-electron chi connectivity index (χ4n) is 2.82. The van der Waals surface area contributed by atoms with Gasteiger partial charge in [-0.05, 0) is 16.6 Å². The van der Waals surface area contributed by atoms with Crippen molar-refractivity contribution in [3.63, 3.8) is 0 Å². The number of rotatable bonds is 7. The molecule has 0 saturated heterocycles. The van der Waals surface area contributed by atoms with Crippen LogP contribution in [0.4, 0.5) is 0 Å². The van der Waals surface area contributed by atoms with Gasteiger partial charge in [-0.25, -0.2) is 0 Å². The zero-order valence-corrected chi connectivity index (χ0v) is 14.8. The van der Waals surface area contributed by atoms with E-state index in [2.05, 4.69) is 53.3 Å². The zero-order valence-electron chi connectivity index (χ0n) is 11.6. The van der Waals surface area contributed by atoms with Crippen LogP contribution in [0.2, 0.25) is 16.6 Å². The first kappa shape index (κ1) is 16.4. The van der Waals surface area contributed by atoms with Gasteiger partial charge in [0.15, 0.2) is 0 Å². The van der Waals surface area contributed by atoms with Crippen molar-refractivity contribution in [1.82, 2.24) is 0 Å². The molecule has 96 valence electrons. The lowest BCUT2D eigenvalue weighted by molar-refractivity contribution is 0.316. The van der Waals surface area contributed by atoms with Crippen LogP contribution >= 0.6 is 11.1 Å². The topological polar surface area (TPSA) is 9.23 Å². The van der Waals surface area contributed by atoms with E-state index in [-0.39, 0.29) is 0 Å². The quantitative estimate of drug-likeness (QED) is 0.505. The molecule has 0 fully saturated rings. The molecular weight excluding hydrogens is 252 g/mol. The summed E-state index contributed by atoms with van der Waals surface area (Å²) in [6, 6.07) is 0. The minimum absolute atomic E-state index is 0.481. The molecule has 0 atom stereocenters. The predicted molar refractivity (Wildman–Crippen MR) is 80.5 cm³/mol. The lowest BCUT2D eigenvalue weighted by Crippen LogP contribution is -2.47. The molecule has 0 heterocycles. The maximum atomic E-state index is 6.33. The molecule has 0 aliphatic carbocycles. The van der Waals surface area contributed by atoms with Crippen LogP contribution in [0.1, 0.15) is 41.5 Å². The van der Waals surface area contributed by atoms with Gasteiger partial charge < -0.3 is 4.43 Å². The first-order valence-electron chi connectivity index (χ1n) is 6.24. The zero-order chi connectivity index (χ0) is 12.8. The Hall–Kier alpha value is 0.424. The lowest BCUT2D eigenvalue weighted by atomic mass is 10.5. The summed E-state index contributed by atoms with van der Waals surface area (Å²) < 4.78 is 6.33. The van der Waals surface area contributed by atoms with Crippen molar-refractivity contribution in [2.45, 2.75) is 58.2 Å². The van der Waals surface area contributed by atoms with Crippen LogP contribution in [0.25, 0.3) is 0 Å². The van der Waals surface area contributed by atoms with Crippen molar-refractivity contribution in [3.05, 3.63) is 11.8 Å². The molecule has 0 aliphatic heterocycles. The van der Waals surface area contributed by atoms with Crippen LogP contribution < -0.4 is 0 Å². The Kier molecular flexibility index (Phi) is 7.90. The third-order valence-corrected chi connectivity index (χ3v) is 10.5. The fourth-order valence-corrected chi connectivity index (χ4v) is 8.85. The van der Waals surface area contributed by atoms with Crippen molar-refractivity contribution in [1.29, 1.82) is 0 Å². The standard InChI is InChI=1S/C12H27ClOSi2/c1-10(2)16(11(3)4,12(5)6)14-8-7-9-15-13/h7,9-12H,8,15H2,1-6H3. The third-order valence-electron chi connectivity index (χ3n) is 3.39. The summed E-state index contributed by atoms with van der Waals surface area (Å²) in [6.07, 6.45) is 2.11. The molecule has 0 saturated carbocycles. The average molecular weight is 279 g/mol. The molecule has 0 N–H and O–H groups in total. The van der Waals surface area contributed by atoms with Crippen LogP contribution in [0, 0.1) is 0 Å². The minimum Gasteiger partial charge on any atom is -0.412 e. The predicted octanol–water partition coefficient (Wildman–Crippen LogP) is 4.01. The lowest BCUT2D eigenvalue weighted by Gasteiger charge is -2.41. The number of hydrogen-bond donors (Lipinski definition) is 0. The van der Waals surface area contributed by atoms with Gasteiger partial charge in [0.05, 0.1) is 6.61 Å². The molecule has 0 spiro atoms. The molecular formula is C12H27ClOSi2. The molecule has 0 aromatic heterocycles.